The molecule has 0 radical (unpaired) electrons. The third-order valence-corrected chi connectivity index (χ3v) is 1.86. The molecule has 1 rings (SSSR count). The van der Waals surface area contributed by atoms with Crippen molar-refractivity contribution in [2.24, 2.45) is 0 Å². The number of carbonyl (C=O) groups is 1. The fourth-order valence-electron chi connectivity index (χ4n) is 1.24. The zero-order chi connectivity index (χ0) is 8.48. The van der Waals surface area contributed by atoms with E-state index < -0.39 is 12.0 Å². The molecule has 2 unspecified atom stereocenters. The lowest BCUT2D eigenvalue weighted by Crippen LogP contribution is -3.03. The molecule has 0 spiro atoms. The fraction of sp³-hybridized carbons (Fsp3) is 0.833. The molecule has 64 valence electrons. The maximum Gasteiger partial charge on any atom is 0.278 e. The Labute approximate surface area is 64.4 Å². The fourth-order valence-corrected chi connectivity index (χ4v) is 1.24. The zero-order valence-electron chi connectivity index (χ0n) is 6.33. The molecule has 2 atom stereocenters. The van der Waals surface area contributed by atoms with Crippen molar-refractivity contribution in [3.8, 4) is 0 Å². The number of hydrogen-bond donors (Lipinski definition) is 3. The Balaban J connectivity index is 2.48. The van der Waals surface area contributed by atoms with Gasteiger partial charge < -0.3 is 20.8 Å². The monoisotopic (exact) mass is 160 g/mol. The summed E-state index contributed by atoms with van der Waals surface area (Å²) in [7, 11) is 1.51. The second kappa shape index (κ2) is 2.77. The molecule has 11 heavy (non-hydrogen) atoms. The van der Waals surface area contributed by atoms with Gasteiger partial charge in [-0.1, -0.05) is 0 Å². The van der Waals surface area contributed by atoms with Crippen LogP contribution in [0.3, 0.4) is 0 Å². The van der Waals surface area contributed by atoms with Crippen LogP contribution in [0.2, 0.25) is 0 Å². The van der Waals surface area contributed by atoms with Gasteiger partial charge in [0.1, 0.15) is 5.91 Å². The van der Waals surface area contributed by atoms with Crippen LogP contribution in [-0.2, 0) is 4.79 Å². The van der Waals surface area contributed by atoms with Crippen LogP contribution in [0.25, 0.3) is 0 Å². The number of amides is 1. The second-order valence-electron chi connectivity index (χ2n) is 2.77. The van der Waals surface area contributed by atoms with Gasteiger partial charge in [-0.2, -0.15) is 0 Å². The van der Waals surface area contributed by atoms with Crippen molar-refractivity contribution in [1.82, 2.24) is 5.32 Å². The number of rotatable bonds is 1. The lowest BCUT2D eigenvalue weighted by atomic mass is 10.2. The molecule has 1 heterocycles. The van der Waals surface area contributed by atoms with Crippen LogP contribution >= 0.6 is 0 Å². The Kier molecular flexibility index (Phi) is 2.12. The summed E-state index contributed by atoms with van der Waals surface area (Å²) in [6.45, 7) is 0. The molecule has 1 aliphatic rings. The van der Waals surface area contributed by atoms with Crippen molar-refractivity contribution in [3.05, 3.63) is 0 Å². The van der Waals surface area contributed by atoms with Crippen LogP contribution in [-0.4, -0.2) is 30.0 Å². The van der Waals surface area contributed by atoms with Gasteiger partial charge in [-0.25, -0.2) is 0 Å². The van der Waals surface area contributed by atoms with Gasteiger partial charge in [0, 0.05) is 19.9 Å². The number of quaternary nitrogens is 1. The van der Waals surface area contributed by atoms with E-state index in [1.54, 1.807) is 0 Å². The molecule has 0 bridgehead atoms. The minimum Gasteiger partial charge on any atom is -0.780 e. The van der Waals surface area contributed by atoms with Crippen molar-refractivity contribution in [2.75, 3.05) is 7.05 Å². The van der Waals surface area contributed by atoms with Crippen LogP contribution in [0.15, 0.2) is 0 Å². The van der Waals surface area contributed by atoms with E-state index in [0.29, 0.717) is 6.42 Å². The van der Waals surface area contributed by atoms with E-state index in [1.165, 1.54) is 7.05 Å². The minimum absolute atomic E-state index is 0.130. The van der Waals surface area contributed by atoms with Gasteiger partial charge in [0.25, 0.3) is 5.91 Å². The van der Waals surface area contributed by atoms with Gasteiger partial charge in [-0.05, 0) is 0 Å². The average molecular weight is 160 g/mol. The summed E-state index contributed by atoms with van der Waals surface area (Å²) in [6, 6.07) is -0.414. The SMILES string of the molecule is CNC(=O)C1CCC([O-])(O)[NH2+]1. The van der Waals surface area contributed by atoms with E-state index >= 15 is 0 Å². The summed E-state index contributed by atoms with van der Waals surface area (Å²) >= 11 is 0. The third kappa shape index (κ3) is 1.89. The Bertz CT molecular complexity index is 169. The maximum atomic E-state index is 10.9. The number of carbonyl (C=O) groups excluding carboxylic acids is 1. The first kappa shape index (κ1) is 8.45. The first-order valence-electron chi connectivity index (χ1n) is 3.55. The molecule has 5 nitrogen and oxygen atoms in total. The molecule has 5 heteroatoms. The molecule has 0 saturated carbocycles. The van der Waals surface area contributed by atoms with E-state index in [2.05, 4.69) is 5.32 Å². The minimum atomic E-state index is -1.99. The summed E-state index contributed by atoms with van der Waals surface area (Å²) in [5, 5.41) is 23.4. The van der Waals surface area contributed by atoms with Gasteiger partial charge in [0.15, 0.2) is 6.04 Å². The van der Waals surface area contributed by atoms with E-state index in [4.69, 9.17) is 5.11 Å². The normalized spacial score (nSPS) is 37.2. The Morgan fingerprint density at radius 3 is 2.91 bits per heavy atom. The van der Waals surface area contributed by atoms with E-state index in [1.807, 2.05) is 0 Å². The highest BCUT2D eigenvalue weighted by molar-refractivity contribution is 5.80. The second-order valence-corrected chi connectivity index (χ2v) is 2.77. The lowest BCUT2D eigenvalue weighted by molar-refractivity contribution is -0.900. The summed E-state index contributed by atoms with van der Waals surface area (Å²) in [4.78, 5) is 10.9. The van der Waals surface area contributed by atoms with E-state index in [-0.39, 0.29) is 12.3 Å². The van der Waals surface area contributed by atoms with Gasteiger partial charge in [-0.15, -0.1) is 0 Å². The molecule has 1 saturated heterocycles. The number of hydrogen-bond acceptors (Lipinski definition) is 3. The van der Waals surface area contributed by atoms with Crippen molar-refractivity contribution in [3.63, 3.8) is 0 Å². The number of nitrogens with two attached hydrogens (primary N) is 1. The number of aliphatic hydroxyl groups is 1. The van der Waals surface area contributed by atoms with Crippen molar-refractivity contribution in [2.45, 2.75) is 24.8 Å². The van der Waals surface area contributed by atoms with Crippen LogP contribution in [0.4, 0.5) is 0 Å². The van der Waals surface area contributed by atoms with Gasteiger partial charge in [0.05, 0.1) is 0 Å². The molecule has 4 N–H and O–H groups in total. The van der Waals surface area contributed by atoms with Crippen LogP contribution in [0.5, 0.6) is 0 Å². The highest BCUT2D eigenvalue weighted by Gasteiger charge is 2.35. The highest BCUT2D eigenvalue weighted by Crippen LogP contribution is 2.06. The topological polar surface area (TPSA) is 89.0 Å². The first-order valence-corrected chi connectivity index (χ1v) is 3.55. The van der Waals surface area contributed by atoms with Gasteiger partial charge in [-0.3, -0.25) is 4.79 Å². The standard InChI is InChI=1S/C6H11N2O3/c1-7-5(9)4-2-3-6(10,11)8-4/h4,8,10H,2-3H2,1H3,(H,7,9)/q-1/p+1. The van der Waals surface area contributed by atoms with Crippen molar-refractivity contribution >= 4 is 5.91 Å². The largest absolute Gasteiger partial charge is 0.780 e. The third-order valence-electron chi connectivity index (χ3n) is 1.86. The lowest BCUT2D eigenvalue weighted by Gasteiger charge is -2.25. The molecular formula is C6H12N2O3. The van der Waals surface area contributed by atoms with E-state index in [0.717, 1.165) is 5.32 Å². The molecule has 1 aliphatic heterocycles. The quantitative estimate of drug-likeness (QED) is 0.347. The summed E-state index contributed by atoms with van der Waals surface area (Å²) in [6.07, 6.45) is 0.574. The predicted molar refractivity (Wildman–Crippen MR) is 34.0 cm³/mol. The first-order chi connectivity index (χ1) is 5.05. The summed E-state index contributed by atoms with van der Waals surface area (Å²) in [5.74, 6) is -2.19. The van der Waals surface area contributed by atoms with Crippen LogP contribution in [0.1, 0.15) is 12.8 Å². The smallest absolute Gasteiger partial charge is 0.278 e. The van der Waals surface area contributed by atoms with Crippen LogP contribution in [0, 0.1) is 0 Å². The van der Waals surface area contributed by atoms with Crippen molar-refractivity contribution < 1.29 is 20.3 Å². The maximum absolute atomic E-state index is 10.9. The molecule has 1 fully saturated rings. The molecule has 1 amide bonds. The number of likely N-dealkylation sites (N-methyl/N-ethyl adjacent to an activating group) is 1. The average Bonchev–Trinajstić information content (AvgIpc) is 2.29. The van der Waals surface area contributed by atoms with Crippen LogP contribution < -0.4 is 15.7 Å². The highest BCUT2D eigenvalue weighted by atomic mass is 16.5. The molecule has 0 aromatic carbocycles. The Hall–Kier alpha value is -0.650. The van der Waals surface area contributed by atoms with E-state index in [9.17, 15) is 9.90 Å². The molecular weight excluding hydrogens is 148 g/mol. The molecule has 0 aliphatic carbocycles. The predicted octanol–water partition coefficient (Wildman–Crippen LogP) is -3.54. The number of nitrogens with one attached hydrogen (secondary N) is 1. The zero-order valence-corrected chi connectivity index (χ0v) is 6.33. The van der Waals surface area contributed by atoms with Crippen molar-refractivity contribution in [1.29, 1.82) is 0 Å². The molecule has 0 aromatic rings. The van der Waals surface area contributed by atoms with Gasteiger partial charge in [0.2, 0.25) is 0 Å². The molecule has 0 aromatic heterocycles. The Morgan fingerprint density at radius 2 is 2.55 bits per heavy atom. The summed E-state index contributed by atoms with van der Waals surface area (Å²) < 4.78 is 0. The Morgan fingerprint density at radius 1 is 1.91 bits per heavy atom. The van der Waals surface area contributed by atoms with Gasteiger partial charge >= 0.3 is 0 Å². The summed E-state index contributed by atoms with van der Waals surface area (Å²) in [5.41, 5.74) is 0.